The monoisotopic (exact) mass is 314 g/mol. The molecule has 23 heavy (non-hydrogen) atoms. The van der Waals surface area contributed by atoms with Gasteiger partial charge in [0.2, 0.25) is 5.89 Å². The van der Waals surface area contributed by atoms with Gasteiger partial charge in [0.1, 0.15) is 6.04 Å². The molecule has 0 unspecified atom stereocenters. The summed E-state index contributed by atoms with van der Waals surface area (Å²) < 4.78 is 5.34. The van der Waals surface area contributed by atoms with Crippen molar-refractivity contribution in [1.82, 2.24) is 10.1 Å². The van der Waals surface area contributed by atoms with Crippen molar-refractivity contribution in [3.05, 3.63) is 36.0 Å². The Labute approximate surface area is 138 Å². The summed E-state index contributed by atoms with van der Waals surface area (Å²) in [7, 11) is 0. The van der Waals surface area contributed by atoms with E-state index < -0.39 is 0 Å². The van der Waals surface area contributed by atoms with Gasteiger partial charge in [-0.1, -0.05) is 12.1 Å². The van der Waals surface area contributed by atoms with Crippen LogP contribution in [0.5, 0.6) is 0 Å². The number of nitrogens with zero attached hydrogens (tertiary/aromatic N) is 3. The molecule has 0 spiro atoms. The van der Waals surface area contributed by atoms with Crippen LogP contribution in [0.4, 0.5) is 11.4 Å². The van der Waals surface area contributed by atoms with Crippen LogP contribution in [-0.4, -0.2) is 23.2 Å². The number of rotatable bonds is 6. The number of benzene rings is 1. The van der Waals surface area contributed by atoms with E-state index in [1.165, 1.54) is 38.0 Å². The van der Waals surface area contributed by atoms with Gasteiger partial charge in [0.05, 0.1) is 0 Å². The van der Waals surface area contributed by atoms with Crippen molar-refractivity contribution < 1.29 is 4.52 Å². The van der Waals surface area contributed by atoms with Crippen LogP contribution in [0, 0.1) is 0 Å². The van der Waals surface area contributed by atoms with Crippen LogP contribution in [0.25, 0.3) is 0 Å². The van der Waals surface area contributed by atoms with Gasteiger partial charge in [-0.05, 0) is 56.9 Å². The molecule has 0 saturated carbocycles. The molecule has 1 fully saturated rings. The molecular formula is C18H26N4O. The van der Waals surface area contributed by atoms with E-state index in [1.54, 1.807) is 0 Å². The largest absolute Gasteiger partial charge is 0.374 e. The summed E-state index contributed by atoms with van der Waals surface area (Å²) in [5, 5.41) is 7.44. The molecule has 124 valence electrons. The highest BCUT2D eigenvalue weighted by atomic mass is 16.5. The van der Waals surface area contributed by atoms with Crippen LogP contribution in [0.15, 0.2) is 28.8 Å². The number of aromatic nitrogens is 2. The molecule has 0 aliphatic carbocycles. The Bertz CT molecular complexity index is 602. The van der Waals surface area contributed by atoms with Crippen molar-refractivity contribution in [2.24, 2.45) is 0 Å². The minimum Gasteiger partial charge on any atom is -0.374 e. The Morgan fingerprint density at radius 2 is 1.91 bits per heavy atom. The van der Waals surface area contributed by atoms with Gasteiger partial charge in [0, 0.05) is 30.9 Å². The topological polar surface area (TPSA) is 54.2 Å². The van der Waals surface area contributed by atoms with Crippen molar-refractivity contribution in [2.45, 2.75) is 52.0 Å². The molecule has 1 N–H and O–H groups in total. The number of hydrogen-bond donors (Lipinski definition) is 1. The third-order valence-corrected chi connectivity index (χ3v) is 4.30. The van der Waals surface area contributed by atoms with E-state index in [0.29, 0.717) is 5.89 Å². The van der Waals surface area contributed by atoms with E-state index in [2.05, 4.69) is 51.5 Å². The SMILES string of the molecule is CCCc1noc([C@@H](C)Nc2ccc(N3CCCCC3)cc2)n1. The third-order valence-electron chi connectivity index (χ3n) is 4.30. The molecule has 1 aromatic carbocycles. The standard InChI is InChI=1S/C18H26N4O/c1-3-7-17-20-18(23-21-17)14(2)19-15-8-10-16(11-9-15)22-12-5-4-6-13-22/h8-11,14,19H,3-7,12-13H2,1-2H3/t14-/m1/s1. The summed E-state index contributed by atoms with van der Waals surface area (Å²) in [6.07, 6.45) is 5.85. The molecule has 2 heterocycles. The molecule has 1 aromatic heterocycles. The lowest BCUT2D eigenvalue weighted by Crippen LogP contribution is -2.29. The zero-order valence-electron chi connectivity index (χ0n) is 14.1. The molecular weight excluding hydrogens is 288 g/mol. The summed E-state index contributed by atoms with van der Waals surface area (Å²) in [6, 6.07) is 8.65. The lowest BCUT2D eigenvalue weighted by atomic mass is 10.1. The smallest absolute Gasteiger partial charge is 0.248 e. The molecule has 2 aromatic rings. The van der Waals surface area contributed by atoms with E-state index in [9.17, 15) is 0 Å². The maximum Gasteiger partial charge on any atom is 0.248 e. The zero-order chi connectivity index (χ0) is 16.1. The first-order valence-electron chi connectivity index (χ1n) is 8.70. The quantitative estimate of drug-likeness (QED) is 0.866. The number of anilines is 2. The van der Waals surface area contributed by atoms with E-state index in [1.807, 2.05) is 6.92 Å². The van der Waals surface area contributed by atoms with Crippen molar-refractivity contribution in [3.63, 3.8) is 0 Å². The molecule has 5 nitrogen and oxygen atoms in total. The summed E-state index contributed by atoms with van der Waals surface area (Å²) in [6.45, 7) is 6.50. The third kappa shape index (κ3) is 4.03. The van der Waals surface area contributed by atoms with Crippen molar-refractivity contribution >= 4 is 11.4 Å². The van der Waals surface area contributed by atoms with E-state index >= 15 is 0 Å². The van der Waals surface area contributed by atoms with Crippen molar-refractivity contribution in [1.29, 1.82) is 0 Å². The van der Waals surface area contributed by atoms with Gasteiger partial charge in [-0.25, -0.2) is 0 Å². The van der Waals surface area contributed by atoms with Gasteiger partial charge in [-0.15, -0.1) is 0 Å². The maximum absolute atomic E-state index is 5.34. The normalized spacial score (nSPS) is 16.3. The van der Waals surface area contributed by atoms with E-state index in [-0.39, 0.29) is 6.04 Å². The van der Waals surface area contributed by atoms with Gasteiger partial charge >= 0.3 is 0 Å². The summed E-state index contributed by atoms with van der Waals surface area (Å²) >= 11 is 0. The summed E-state index contributed by atoms with van der Waals surface area (Å²) in [4.78, 5) is 6.90. The molecule has 5 heteroatoms. The Kier molecular flexibility index (Phi) is 5.16. The van der Waals surface area contributed by atoms with Crippen LogP contribution >= 0.6 is 0 Å². The minimum atomic E-state index is 0.00828. The second kappa shape index (κ2) is 7.49. The highest BCUT2D eigenvalue weighted by Gasteiger charge is 2.14. The number of hydrogen-bond acceptors (Lipinski definition) is 5. The highest BCUT2D eigenvalue weighted by molar-refractivity contribution is 5.55. The van der Waals surface area contributed by atoms with Gasteiger partial charge in [-0.2, -0.15) is 4.98 Å². The van der Waals surface area contributed by atoms with Crippen LogP contribution in [-0.2, 0) is 6.42 Å². The minimum absolute atomic E-state index is 0.00828. The molecule has 1 saturated heterocycles. The van der Waals surface area contributed by atoms with Crippen LogP contribution in [0.3, 0.4) is 0 Å². The van der Waals surface area contributed by atoms with Crippen LogP contribution in [0.1, 0.15) is 57.3 Å². The number of piperidine rings is 1. The van der Waals surface area contributed by atoms with Gasteiger partial charge in [0.15, 0.2) is 5.82 Å². The first kappa shape index (κ1) is 15.8. The second-order valence-electron chi connectivity index (χ2n) is 6.26. The average molecular weight is 314 g/mol. The fraction of sp³-hybridized carbons (Fsp3) is 0.556. The Morgan fingerprint density at radius 3 is 2.61 bits per heavy atom. The molecule has 0 bridgehead atoms. The van der Waals surface area contributed by atoms with Gasteiger partial charge in [-0.3, -0.25) is 0 Å². The Balaban J connectivity index is 1.60. The predicted octanol–water partition coefficient (Wildman–Crippen LogP) is 4.19. The first-order chi connectivity index (χ1) is 11.3. The maximum atomic E-state index is 5.34. The molecule has 1 aliphatic heterocycles. The molecule has 1 aliphatic rings. The number of aryl methyl sites for hydroxylation is 1. The fourth-order valence-electron chi connectivity index (χ4n) is 3.00. The first-order valence-corrected chi connectivity index (χ1v) is 8.70. The second-order valence-corrected chi connectivity index (χ2v) is 6.26. The van der Waals surface area contributed by atoms with Crippen molar-refractivity contribution in [3.8, 4) is 0 Å². The van der Waals surface area contributed by atoms with Crippen LogP contribution in [0.2, 0.25) is 0 Å². The predicted molar refractivity (Wildman–Crippen MR) is 92.8 cm³/mol. The molecule has 0 radical (unpaired) electrons. The molecule has 0 amide bonds. The lowest BCUT2D eigenvalue weighted by molar-refractivity contribution is 0.362. The number of nitrogens with one attached hydrogen (secondary N) is 1. The highest BCUT2D eigenvalue weighted by Crippen LogP contribution is 2.24. The lowest BCUT2D eigenvalue weighted by Gasteiger charge is -2.29. The van der Waals surface area contributed by atoms with Gasteiger partial charge in [0.25, 0.3) is 0 Å². The van der Waals surface area contributed by atoms with Crippen molar-refractivity contribution in [2.75, 3.05) is 23.3 Å². The van der Waals surface area contributed by atoms with Gasteiger partial charge < -0.3 is 14.7 Å². The average Bonchev–Trinajstić information content (AvgIpc) is 3.06. The zero-order valence-corrected chi connectivity index (χ0v) is 14.1. The summed E-state index contributed by atoms with van der Waals surface area (Å²) in [5.41, 5.74) is 2.39. The van der Waals surface area contributed by atoms with E-state index in [0.717, 1.165) is 24.4 Å². The molecule has 3 rings (SSSR count). The van der Waals surface area contributed by atoms with Crippen LogP contribution < -0.4 is 10.2 Å². The summed E-state index contributed by atoms with van der Waals surface area (Å²) in [5.74, 6) is 1.44. The van der Waals surface area contributed by atoms with E-state index in [4.69, 9.17) is 4.52 Å². The molecule has 1 atom stereocenters. The fourth-order valence-corrected chi connectivity index (χ4v) is 3.00. The Hall–Kier alpha value is -2.04. The Morgan fingerprint density at radius 1 is 1.17 bits per heavy atom.